The van der Waals surface area contributed by atoms with Crippen molar-refractivity contribution < 1.29 is 14.6 Å². The Kier molecular flexibility index (Phi) is 6.38. The second-order valence-electron chi connectivity index (χ2n) is 2.81. The van der Waals surface area contributed by atoms with Crippen molar-refractivity contribution in [3.63, 3.8) is 0 Å². The highest BCUT2D eigenvalue weighted by atomic mass is 16.5. The molecular weight excluding hydrogens is 156 g/mol. The maximum Gasteiger partial charge on any atom is 0.330 e. The number of hydrogen-bond acceptors (Lipinski definition) is 3. The summed E-state index contributed by atoms with van der Waals surface area (Å²) in [5.74, 6) is -0.0769. The monoisotopic (exact) mass is 172 g/mol. The number of carbonyl (C=O) groups excluding carboxylic acids is 1. The van der Waals surface area contributed by atoms with E-state index < -0.39 is 0 Å². The lowest BCUT2D eigenvalue weighted by Crippen LogP contribution is -2.10. The number of aliphatic hydroxyl groups is 1. The van der Waals surface area contributed by atoms with Crippen molar-refractivity contribution >= 4 is 5.97 Å². The van der Waals surface area contributed by atoms with Crippen molar-refractivity contribution in [3.05, 3.63) is 12.7 Å². The van der Waals surface area contributed by atoms with E-state index in [0.717, 1.165) is 18.9 Å². The summed E-state index contributed by atoms with van der Waals surface area (Å²) in [5, 5.41) is 8.51. The Morgan fingerprint density at radius 3 is 2.92 bits per heavy atom. The summed E-state index contributed by atoms with van der Waals surface area (Å²) in [6, 6.07) is 0. The Hall–Kier alpha value is -0.830. The minimum Gasteiger partial charge on any atom is -0.462 e. The second-order valence-corrected chi connectivity index (χ2v) is 2.81. The van der Waals surface area contributed by atoms with E-state index in [1.807, 2.05) is 6.92 Å². The van der Waals surface area contributed by atoms with Crippen LogP contribution in [0.25, 0.3) is 0 Å². The van der Waals surface area contributed by atoms with E-state index in [0.29, 0.717) is 12.5 Å². The molecule has 0 heterocycles. The molecule has 0 rings (SSSR count). The summed E-state index contributed by atoms with van der Waals surface area (Å²) < 4.78 is 4.81. The van der Waals surface area contributed by atoms with Crippen LogP contribution in [0.4, 0.5) is 0 Å². The van der Waals surface area contributed by atoms with E-state index >= 15 is 0 Å². The topological polar surface area (TPSA) is 46.5 Å². The first-order valence-corrected chi connectivity index (χ1v) is 4.10. The van der Waals surface area contributed by atoms with E-state index in [-0.39, 0.29) is 12.6 Å². The Balaban J connectivity index is 3.36. The maximum atomic E-state index is 10.6. The highest BCUT2D eigenvalue weighted by molar-refractivity contribution is 5.81. The third-order valence-corrected chi connectivity index (χ3v) is 1.53. The molecule has 0 fully saturated rings. The Morgan fingerprint density at radius 1 is 1.75 bits per heavy atom. The van der Waals surface area contributed by atoms with Gasteiger partial charge in [0.25, 0.3) is 0 Å². The Bertz CT molecular complexity index is 143. The standard InChI is InChI=1S/C9H16O3/c1-3-9(11)12-7-8(2)5-4-6-10/h3,8,10H,1,4-7H2,2H3. The number of aliphatic hydroxyl groups excluding tert-OH is 1. The molecule has 3 heteroatoms. The van der Waals surface area contributed by atoms with Crippen molar-refractivity contribution in [2.45, 2.75) is 19.8 Å². The Morgan fingerprint density at radius 2 is 2.42 bits per heavy atom. The van der Waals surface area contributed by atoms with Crippen molar-refractivity contribution in [1.29, 1.82) is 0 Å². The van der Waals surface area contributed by atoms with Gasteiger partial charge in [0.2, 0.25) is 0 Å². The number of carbonyl (C=O) groups is 1. The minimum atomic E-state index is -0.383. The smallest absolute Gasteiger partial charge is 0.330 e. The largest absolute Gasteiger partial charge is 0.462 e. The van der Waals surface area contributed by atoms with Crippen LogP contribution in [0.5, 0.6) is 0 Å². The van der Waals surface area contributed by atoms with Crippen molar-refractivity contribution in [1.82, 2.24) is 0 Å². The first-order chi connectivity index (χ1) is 5.70. The van der Waals surface area contributed by atoms with Crippen molar-refractivity contribution in [2.24, 2.45) is 5.92 Å². The van der Waals surface area contributed by atoms with E-state index in [9.17, 15) is 4.79 Å². The van der Waals surface area contributed by atoms with Crippen LogP contribution in [-0.4, -0.2) is 24.3 Å². The molecule has 0 aromatic rings. The predicted molar refractivity (Wildman–Crippen MR) is 46.6 cm³/mol. The van der Waals surface area contributed by atoms with Crippen LogP contribution in [0, 0.1) is 5.92 Å². The van der Waals surface area contributed by atoms with Crippen LogP contribution in [-0.2, 0) is 9.53 Å². The minimum absolute atomic E-state index is 0.194. The molecule has 0 aromatic heterocycles. The molecule has 0 aliphatic heterocycles. The highest BCUT2D eigenvalue weighted by Gasteiger charge is 2.03. The maximum absolute atomic E-state index is 10.6. The zero-order valence-corrected chi connectivity index (χ0v) is 7.45. The van der Waals surface area contributed by atoms with Gasteiger partial charge in [-0.25, -0.2) is 4.79 Å². The molecule has 1 N–H and O–H groups in total. The molecule has 0 aromatic carbocycles. The fourth-order valence-electron chi connectivity index (χ4n) is 0.806. The SMILES string of the molecule is C=CC(=O)OCC(C)CCCO. The van der Waals surface area contributed by atoms with Gasteiger partial charge in [0, 0.05) is 12.7 Å². The van der Waals surface area contributed by atoms with Gasteiger partial charge in [-0.2, -0.15) is 0 Å². The first-order valence-electron chi connectivity index (χ1n) is 4.10. The van der Waals surface area contributed by atoms with Crippen LogP contribution in [0.3, 0.4) is 0 Å². The molecule has 0 bridgehead atoms. The lowest BCUT2D eigenvalue weighted by atomic mass is 10.1. The third kappa shape index (κ3) is 5.92. The molecule has 0 spiro atoms. The number of ether oxygens (including phenoxy) is 1. The van der Waals surface area contributed by atoms with Gasteiger partial charge >= 0.3 is 5.97 Å². The molecule has 0 aliphatic carbocycles. The van der Waals surface area contributed by atoms with E-state index in [1.54, 1.807) is 0 Å². The Labute approximate surface area is 73.0 Å². The summed E-state index contributed by atoms with van der Waals surface area (Å²) in [6.07, 6.45) is 2.78. The molecule has 3 nitrogen and oxygen atoms in total. The van der Waals surface area contributed by atoms with Crippen LogP contribution in [0.1, 0.15) is 19.8 Å². The zero-order chi connectivity index (χ0) is 9.40. The molecule has 0 saturated carbocycles. The van der Waals surface area contributed by atoms with Gasteiger partial charge in [-0.1, -0.05) is 13.5 Å². The van der Waals surface area contributed by atoms with Gasteiger partial charge < -0.3 is 9.84 Å². The van der Waals surface area contributed by atoms with E-state index in [2.05, 4.69) is 6.58 Å². The van der Waals surface area contributed by atoms with Gasteiger partial charge in [-0.3, -0.25) is 0 Å². The highest BCUT2D eigenvalue weighted by Crippen LogP contribution is 2.05. The molecule has 0 amide bonds. The summed E-state index contributed by atoms with van der Waals surface area (Å²) in [6.45, 7) is 5.87. The summed E-state index contributed by atoms with van der Waals surface area (Å²) in [7, 11) is 0. The lowest BCUT2D eigenvalue weighted by molar-refractivity contribution is -0.139. The van der Waals surface area contributed by atoms with E-state index in [4.69, 9.17) is 9.84 Å². The number of rotatable bonds is 6. The van der Waals surface area contributed by atoms with E-state index in [1.165, 1.54) is 0 Å². The molecule has 1 unspecified atom stereocenters. The predicted octanol–water partition coefficient (Wildman–Crippen LogP) is 1.12. The van der Waals surface area contributed by atoms with Gasteiger partial charge in [0.1, 0.15) is 0 Å². The molecule has 0 radical (unpaired) electrons. The molecule has 0 aliphatic rings. The van der Waals surface area contributed by atoms with Gasteiger partial charge in [-0.05, 0) is 18.8 Å². The first kappa shape index (κ1) is 11.2. The summed E-state index contributed by atoms with van der Waals surface area (Å²) in [5.41, 5.74) is 0. The van der Waals surface area contributed by atoms with Crippen LogP contribution < -0.4 is 0 Å². The van der Waals surface area contributed by atoms with Crippen LogP contribution >= 0.6 is 0 Å². The van der Waals surface area contributed by atoms with Gasteiger partial charge in [0.05, 0.1) is 6.61 Å². The molecule has 1 atom stereocenters. The molecule has 0 saturated heterocycles. The second kappa shape index (κ2) is 6.85. The normalized spacial score (nSPS) is 12.2. The third-order valence-electron chi connectivity index (χ3n) is 1.53. The molecule has 70 valence electrons. The van der Waals surface area contributed by atoms with Crippen LogP contribution in [0.15, 0.2) is 12.7 Å². The number of esters is 1. The lowest BCUT2D eigenvalue weighted by Gasteiger charge is -2.09. The van der Waals surface area contributed by atoms with Crippen molar-refractivity contribution in [3.8, 4) is 0 Å². The molecular formula is C9H16O3. The molecule has 12 heavy (non-hydrogen) atoms. The van der Waals surface area contributed by atoms with Crippen molar-refractivity contribution in [2.75, 3.05) is 13.2 Å². The average Bonchev–Trinajstić information content (AvgIpc) is 2.10. The van der Waals surface area contributed by atoms with Gasteiger partial charge in [-0.15, -0.1) is 0 Å². The number of hydrogen-bond donors (Lipinski definition) is 1. The average molecular weight is 172 g/mol. The fraction of sp³-hybridized carbons (Fsp3) is 0.667. The van der Waals surface area contributed by atoms with Gasteiger partial charge in [0.15, 0.2) is 0 Å². The van der Waals surface area contributed by atoms with Crippen LogP contribution in [0.2, 0.25) is 0 Å². The summed E-state index contributed by atoms with van der Waals surface area (Å²) in [4.78, 5) is 10.6. The summed E-state index contributed by atoms with van der Waals surface area (Å²) >= 11 is 0. The quantitative estimate of drug-likeness (QED) is 0.482. The fourth-order valence-corrected chi connectivity index (χ4v) is 0.806. The zero-order valence-electron chi connectivity index (χ0n) is 7.45.